The van der Waals surface area contributed by atoms with E-state index in [1.165, 1.54) is 56.7 Å². The molecule has 0 N–H and O–H groups in total. The zero-order valence-corrected chi connectivity index (χ0v) is 23.9. The fourth-order valence-electron chi connectivity index (χ4n) is 4.00. The number of ether oxygens (including phenoxy) is 2. The Balaban J connectivity index is 1.74. The van der Waals surface area contributed by atoms with Crippen molar-refractivity contribution in [3.05, 3.63) is 64.8 Å². The summed E-state index contributed by atoms with van der Waals surface area (Å²) in [7, 11) is -9.10. The van der Waals surface area contributed by atoms with E-state index >= 15 is 0 Å². The van der Waals surface area contributed by atoms with Gasteiger partial charge in [0.25, 0.3) is 0 Å². The van der Waals surface area contributed by atoms with Crippen LogP contribution in [0.3, 0.4) is 0 Å². The van der Waals surface area contributed by atoms with E-state index in [1.807, 2.05) is 0 Å². The Hall–Kier alpha value is -2.39. The summed E-state index contributed by atoms with van der Waals surface area (Å²) in [6.45, 7) is -0.390. The molecular weight excluding hydrogens is 610 g/mol. The third-order valence-corrected chi connectivity index (χ3v) is 11.8. The molecule has 4 rings (SSSR count). The quantitative estimate of drug-likeness (QED) is 0.347. The van der Waals surface area contributed by atoms with E-state index in [-0.39, 0.29) is 50.1 Å². The molecule has 200 valence electrons. The van der Waals surface area contributed by atoms with Gasteiger partial charge >= 0.3 is 0 Å². The number of nitrogens with zero attached hydrogens (tertiary/aromatic N) is 1. The van der Waals surface area contributed by atoms with E-state index in [9.17, 15) is 25.3 Å². The lowest BCUT2D eigenvalue weighted by Crippen LogP contribution is -2.40. The van der Waals surface area contributed by atoms with Gasteiger partial charge in [-0.05, 0) is 55.0 Å². The van der Waals surface area contributed by atoms with E-state index in [0.717, 1.165) is 4.31 Å². The van der Waals surface area contributed by atoms with Gasteiger partial charge in [-0.2, -0.15) is 4.31 Å². The molecule has 0 unspecified atom stereocenters. The number of benzene rings is 2. The molecule has 0 radical (unpaired) electrons. The SMILES string of the molecule is COc1ccc(OC)c(S(=O)(=O)N(Cc2ccc(S(=O)(=O)c3ccc(Br)cc3)o2)[C@@H]2CCS(=O)(=O)C2)c1. The Morgan fingerprint density at radius 2 is 1.70 bits per heavy atom. The lowest BCUT2D eigenvalue weighted by Gasteiger charge is -2.27. The molecule has 2 heterocycles. The number of sulfonamides is 1. The van der Waals surface area contributed by atoms with Crippen molar-refractivity contribution in [3.63, 3.8) is 0 Å². The van der Waals surface area contributed by atoms with E-state index in [4.69, 9.17) is 13.9 Å². The first-order valence-electron chi connectivity index (χ1n) is 10.9. The smallest absolute Gasteiger partial charge is 0.247 e. The van der Waals surface area contributed by atoms with Crippen molar-refractivity contribution < 1.29 is 39.1 Å². The maximum Gasteiger partial charge on any atom is 0.247 e. The molecule has 0 bridgehead atoms. The zero-order chi connectivity index (χ0) is 27.0. The van der Waals surface area contributed by atoms with Crippen LogP contribution in [-0.4, -0.2) is 61.3 Å². The largest absolute Gasteiger partial charge is 0.497 e. The van der Waals surface area contributed by atoms with Crippen LogP contribution < -0.4 is 9.47 Å². The zero-order valence-electron chi connectivity index (χ0n) is 19.8. The highest BCUT2D eigenvalue weighted by Crippen LogP contribution is 2.35. The highest BCUT2D eigenvalue weighted by atomic mass is 79.9. The van der Waals surface area contributed by atoms with Gasteiger partial charge in [0.15, 0.2) is 9.84 Å². The fraction of sp³-hybridized carbons (Fsp3) is 0.304. The number of hydrogen-bond donors (Lipinski definition) is 0. The van der Waals surface area contributed by atoms with Gasteiger partial charge in [0, 0.05) is 16.6 Å². The Morgan fingerprint density at radius 3 is 2.30 bits per heavy atom. The van der Waals surface area contributed by atoms with E-state index in [0.29, 0.717) is 4.47 Å². The molecule has 1 aliphatic heterocycles. The molecule has 3 aromatic rings. The molecule has 1 aromatic heterocycles. The minimum Gasteiger partial charge on any atom is -0.497 e. The number of sulfone groups is 2. The Kier molecular flexibility index (Phi) is 7.77. The molecule has 0 amide bonds. The van der Waals surface area contributed by atoms with Gasteiger partial charge in [-0.1, -0.05) is 15.9 Å². The predicted molar refractivity (Wildman–Crippen MR) is 138 cm³/mol. The van der Waals surface area contributed by atoms with Crippen molar-refractivity contribution in [2.45, 2.75) is 33.9 Å². The van der Waals surface area contributed by atoms with Crippen LogP contribution in [0.2, 0.25) is 0 Å². The van der Waals surface area contributed by atoms with Crippen molar-refractivity contribution >= 4 is 45.6 Å². The molecule has 1 fully saturated rings. The van der Waals surface area contributed by atoms with Crippen LogP contribution in [-0.2, 0) is 36.2 Å². The molecule has 0 aliphatic carbocycles. The van der Waals surface area contributed by atoms with Crippen LogP contribution in [0, 0.1) is 0 Å². The molecule has 1 aliphatic rings. The Bertz CT molecular complexity index is 1610. The second-order valence-corrected chi connectivity index (χ2v) is 15.2. The molecular formula is C23H24BrNO9S3. The summed E-state index contributed by atoms with van der Waals surface area (Å²) in [6, 6.07) is 12.0. The van der Waals surface area contributed by atoms with Crippen molar-refractivity contribution in [1.82, 2.24) is 4.31 Å². The van der Waals surface area contributed by atoms with Gasteiger partial charge < -0.3 is 13.9 Å². The number of halogens is 1. The standard InChI is InChI=1S/C23H24BrNO9S3/c1-32-18-5-9-21(33-2)22(13-18)37(30,31)25(17-11-12-35(26,27)15-17)14-19-6-10-23(34-19)36(28,29)20-7-3-16(24)4-8-20/h3-10,13,17H,11-12,14-15H2,1-2H3/t17-/m1/s1. The molecule has 0 spiro atoms. The molecule has 0 saturated carbocycles. The normalized spacial score (nSPS) is 17.7. The van der Waals surface area contributed by atoms with Gasteiger partial charge in [-0.25, -0.2) is 25.3 Å². The number of rotatable bonds is 9. The van der Waals surface area contributed by atoms with E-state index in [2.05, 4.69) is 15.9 Å². The van der Waals surface area contributed by atoms with Gasteiger partial charge in [0.1, 0.15) is 22.2 Å². The Labute approximate surface area is 224 Å². The van der Waals surface area contributed by atoms with Crippen LogP contribution in [0.5, 0.6) is 11.5 Å². The predicted octanol–water partition coefficient (Wildman–Crippen LogP) is 3.27. The average molecular weight is 635 g/mol. The average Bonchev–Trinajstić information content (AvgIpc) is 3.48. The second-order valence-electron chi connectivity index (χ2n) is 8.30. The summed E-state index contributed by atoms with van der Waals surface area (Å²) in [5.41, 5.74) is 0. The van der Waals surface area contributed by atoms with Gasteiger partial charge in [-0.15, -0.1) is 0 Å². The topological polar surface area (TPSA) is 137 Å². The van der Waals surface area contributed by atoms with E-state index < -0.39 is 42.3 Å². The van der Waals surface area contributed by atoms with Gasteiger partial charge in [0.2, 0.25) is 25.0 Å². The van der Waals surface area contributed by atoms with E-state index in [1.54, 1.807) is 12.1 Å². The third kappa shape index (κ3) is 5.72. The summed E-state index contributed by atoms with van der Waals surface area (Å²) < 4.78 is 96.0. The molecule has 1 saturated heterocycles. The van der Waals surface area contributed by atoms with Gasteiger partial charge in [-0.3, -0.25) is 0 Å². The summed E-state index contributed by atoms with van der Waals surface area (Å²) >= 11 is 3.26. The van der Waals surface area contributed by atoms with Crippen molar-refractivity contribution in [3.8, 4) is 11.5 Å². The van der Waals surface area contributed by atoms with Crippen LogP contribution in [0.1, 0.15) is 12.2 Å². The minimum absolute atomic E-state index is 0.00378. The summed E-state index contributed by atoms with van der Waals surface area (Å²) in [5.74, 6) is -0.196. The maximum atomic E-state index is 13.9. The molecule has 14 heteroatoms. The monoisotopic (exact) mass is 633 g/mol. The number of methoxy groups -OCH3 is 2. The summed E-state index contributed by atoms with van der Waals surface area (Å²) in [4.78, 5) is -0.211. The lowest BCUT2D eigenvalue weighted by molar-refractivity contribution is 0.292. The second kappa shape index (κ2) is 10.4. The molecule has 2 aromatic carbocycles. The molecule has 10 nitrogen and oxygen atoms in total. The molecule has 1 atom stereocenters. The van der Waals surface area contributed by atoms with Crippen molar-refractivity contribution in [1.29, 1.82) is 0 Å². The first-order valence-corrected chi connectivity index (χ1v) is 16.4. The lowest BCUT2D eigenvalue weighted by atomic mass is 10.2. The first kappa shape index (κ1) is 27.6. The fourth-order valence-corrected chi connectivity index (χ4v) is 9.07. The van der Waals surface area contributed by atoms with Crippen molar-refractivity contribution in [2.24, 2.45) is 0 Å². The first-order chi connectivity index (χ1) is 17.4. The highest BCUT2D eigenvalue weighted by Gasteiger charge is 2.41. The maximum absolute atomic E-state index is 13.9. The van der Waals surface area contributed by atoms with Crippen LogP contribution >= 0.6 is 15.9 Å². The third-order valence-electron chi connectivity index (χ3n) is 5.91. The Morgan fingerprint density at radius 1 is 1.00 bits per heavy atom. The van der Waals surface area contributed by atoms with Crippen LogP contribution in [0.4, 0.5) is 0 Å². The van der Waals surface area contributed by atoms with Gasteiger partial charge in [0.05, 0.1) is 37.2 Å². The minimum atomic E-state index is -4.34. The van der Waals surface area contributed by atoms with Crippen LogP contribution in [0.15, 0.2) is 78.4 Å². The highest BCUT2D eigenvalue weighted by molar-refractivity contribution is 9.10. The summed E-state index contributed by atoms with van der Waals surface area (Å²) in [5, 5.41) is -0.361. The molecule has 37 heavy (non-hydrogen) atoms. The van der Waals surface area contributed by atoms with Crippen molar-refractivity contribution in [2.75, 3.05) is 25.7 Å². The number of hydrogen-bond acceptors (Lipinski definition) is 9. The number of furan rings is 1. The van der Waals surface area contributed by atoms with Crippen LogP contribution in [0.25, 0.3) is 0 Å². The summed E-state index contributed by atoms with van der Waals surface area (Å²) in [6.07, 6.45) is 0.0819.